The van der Waals surface area contributed by atoms with Crippen LogP contribution in [0.1, 0.15) is 44.4 Å². The molecule has 4 rings (SSSR count). The van der Waals surface area contributed by atoms with Crippen LogP contribution in [0.3, 0.4) is 0 Å². The predicted molar refractivity (Wildman–Crippen MR) is 114 cm³/mol. The standard InChI is InChI=1S/C20H17FN.C5H8O2.Ir/c1-12-8-9-15(21)18-16(12)19-17-13(10-11-22(19)4)6-5-7-14(17)20(18,2)3;1-4(6)3-5(2)7;/h5-11H,1,4H2,2-3H3;3,6H,1-2H3;/q-1;;/b;4-3-;. The number of rotatable bonds is 1. The second-order valence-corrected chi connectivity index (χ2v) is 7.88. The zero-order chi connectivity index (χ0) is 21.5. The van der Waals surface area contributed by atoms with Crippen LogP contribution in [0.5, 0.6) is 0 Å². The maximum Gasteiger partial charge on any atom is 0.155 e. The average molecular weight is 583 g/mol. The van der Waals surface area contributed by atoms with E-state index in [0.29, 0.717) is 5.56 Å². The molecule has 0 saturated carbocycles. The summed E-state index contributed by atoms with van der Waals surface area (Å²) >= 11 is 0. The number of benzene rings is 2. The number of hydrogen-bond acceptors (Lipinski definition) is 2. The Balaban J connectivity index is 0.000000350. The molecular weight excluding hydrogens is 557 g/mol. The number of aliphatic hydroxyl groups is 1. The quantitative estimate of drug-likeness (QED) is 0.180. The predicted octanol–water partition coefficient (Wildman–Crippen LogP) is 5.43. The van der Waals surface area contributed by atoms with Crippen LogP contribution in [0.4, 0.5) is 4.39 Å². The SMILES string of the molecule is CC(=O)/C=C(/C)O.[CH2-]c1ccc(F)c2c1-c1c3c(cccc3cc[n+]1[CH2-])C2(C)C.[Ir]. The third kappa shape index (κ3) is 4.00. The van der Waals surface area contributed by atoms with Gasteiger partial charge in [0, 0.05) is 38.6 Å². The summed E-state index contributed by atoms with van der Waals surface area (Å²) in [5.41, 5.74) is 4.10. The van der Waals surface area contributed by atoms with E-state index in [4.69, 9.17) is 5.11 Å². The molecule has 0 aliphatic heterocycles. The van der Waals surface area contributed by atoms with Gasteiger partial charge in [0.25, 0.3) is 0 Å². The number of aromatic nitrogens is 1. The number of aliphatic hydroxyl groups excluding tert-OH is 1. The van der Waals surface area contributed by atoms with Crippen LogP contribution in [0.2, 0.25) is 0 Å². The summed E-state index contributed by atoms with van der Waals surface area (Å²) in [5.74, 6) is -0.244. The van der Waals surface area contributed by atoms with Crippen molar-refractivity contribution >= 4 is 16.6 Å². The minimum absolute atomic E-state index is 0. The Bertz CT molecular complexity index is 1160. The Kier molecular flexibility index (Phi) is 6.80. The summed E-state index contributed by atoms with van der Waals surface area (Å²) in [6.07, 6.45) is 3.09. The fraction of sp³-hybridized carbons (Fsp3) is 0.200. The molecule has 5 heteroatoms. The second kappa shape index (κ2) is 8.63. The van der Waals surface area contributed by atoms with E-state index in [1.807, 2.05) is 16.8 Å². The molecule has 0 amide bonds. The molecule has 0 saturated heterocycles. The maximum atomic E-state index is 14.7. The van der Waals surface area contributed by atoms with Crippen molar-refractivity contribution in [3.63, 3.8) is 0 Å². The average Bonchev–Trinajstić information content (AvgIpc) is 2.62. The van der Waals surface area contributed by atoms with Crippen LogP contribution in [-0.4, -0.2) is 10.9 Å². The van der Waals surface area contributed by atoms with Crippen molar-refractivity contribution in [1.82, 2.24) is 0 Å². The Morgan fingerprint density at radius 2 is 1.83 bits per heavy atom. The number of halogens is 1. The van der Waals surface area contributed by atoms with Crippen molar-refractivity contribution < 1.29 is 39.0 Å². The number of carbonyl (C=O) groups is 1. The zero-order valence-electron chi connectivity index (χ0n) is 17.5. The summed E-state index contributed by atoms with van der Waals surface area (Å²) in [6.45, 7) is 11.1. The van der Waals surface area contributed by atoms with Crippen molar-refractivity contribution in [2.45, 2.75) is 33.1 Å². The van der Waals surface area contributed by atoms with Gasteiger partial charge in [0.05, 0.1) is 17.6 Å². The molecule has 159 valence electrons. The summed E-state index contributed by atoms with van der Waals surface area (Å²) in [7, 11) is 4.10. The van der Waals surface area contributed by atoms with E-state index in [0.717, 1.165) is 33.2 Å². The zero-order valence-corrected chi connectivity index (χ0v) is 19.9. The van der Waals surface area contributed by atoms with Gasteiger partial charge in [-0.05, 0) is 36.2 Å². The van der Waals surface area contributed by atoms with Crippen LogP contribution in [-0.2, 0) is 30.3 Å². The van der Waals surface area contributed by atoms with Gasteiger partial charge in [-0.2, -0.15) is 18.6 Å². The first-order chi connectivity index (χ1) is 13.6. The van der Waals surface area contributed by atoms with Crippen molar-refractivity contribution in [2.75, 3.05) is 0 Å². The molecule has 1 heterocycles. The van der Waals surface area contributed by atoms with Crippen LogP contribution in [0.15, 0.2) is 54.4 Å². The van der Waals surface area contributed by atoms with Crippen LogP contribution in [0.25, 0.3) is 22.0 Å². The summed E-state index contributed by atoms with van der Waals surface area (Å²) in [6, 6.07) is 11.5. The Morgan fingerprint density at radius 1 is 1.17 bits per heavy atom. The molecule has 1 aromatic heterocycles. The first kappa shape index (κ1) is 23.7. The van der Waals surface area contributed by atoms with Crippen molar-refractivity contribution in [3.8, 4) is 11.3 Å². The van der Waals surface area contributed by atoms with Crippen LogP contribution >= 0.6 is 0 Å². The molecule has 3 nitrogen and oxygen atoms in total. The largest absolute Gasteiger partial charge is 0.512 e. The van der Waals surface area contributed by atoms with Gasteiger partial charge < -0.3 is 9.67 Å². The number of nitrogens with zero attached hydrogens (tertiary/aromatic N) is 1. The number of allylic oxidation sites excluding steroid dienone is 2. The molecule has 0 bridgehead atoms. The monoisotopic (exact) mass is 583 g/mol. The Morgan fingerprint density at radius 3 is 2.40 bits per heavy atom. The Hall–Kier alpha value is -2.62. The Labute approximate surface area is 190 Å². The van der Waals surface area contributed by atoms with Gasteiger partial charge in [-0.25, -0.2) is 4.39 Å². The smallest absolute Gasteiger partial charge is 0.155 e. The fourth-order valence-electron chi connectivity index (χ4n) is 4.08. The van der Waals surface area contributed by atoms with E-state index >= 15 is 0 Å². The number of carbonyl (C=O) groups excluding carboxylic acids is 1. The third-order valence-electron chi connectivity index (χ3n) is 5.24. The van der Waals surface area contributed by atoms with Gasteiger partial charge >= 0.3 is 0 Å². The molecule has 1 radical (unpaired) electrons. The summed E-state index contributed by atoms with van der Waals surface area (Å²) in [4.78, 5) is 10.0. The molecule has 30 heavy (non-hydrogen) atoms. The van der Waals surface area contributed by atoms with E-state index in [1.165, 1.54) is 26.0 Å². The van der Waals surface area contributed by atoms with Gasteiger partial charge in [-0.1, -0.05) is 43.7 Å². The van der Waals surface area contributed by atoms with E-state index < -0.39 is 5.41 Å². The van der Waals surface area contributed by atoms with Crippen molar-refractivity contribution in [2.24, 2.45) is 0 Å². The normalized spacial score (nSPS) is 13.6. The molecule has 1 aliphatic carbocycles. The number of ketones is 1. The van der Waals surface area contributed by atoms with Crippen molar-refractivity contribution in [1.29, 1.82) is 0 Å². The third-order valence-corrected chi connectivity index (χ3v) is 5.24. The van der Waals surface area contributed by atoms with Crippen molar-refractivity contribution in [3.05, 3.63) is 90.9 Å². The molecule has 3 aromatic rings. The molecule has 0 atom stereocenters. The summed E-state index contributed by atoms with van der Waals surface area (Å²) < 4.78 is 16.5. The molecule has 0 spiro atoms. The molecule has 0 unspecified atom stereocenters. The molecule has 0 fully saturated rings. The van der Waals surface area contributed by atoms with Gasteiger partial charge in [0.15, 0.2) is 5.78 Å². The molecule has 1 N–H and O–H groups in total. The fourth-order valence-corrected chi connectivity index (χ4v) is 4.08. The number of hydrogen-bond donors (Lipinski definition) is 1. The summed E-state index contributed by atoms with van der Waals surface area (Å²) in [5, 5.41) is 10.7. The van der Waals surface area contributed by atoms with E-state index in [-0.39, 0.29) is 37.5 Å². The van der Waals surface area contributed by atoms with Gasteiger partial charge in [-0.3, -0.25) is 4.79 Å². The second-order valence-electron chi connectivity index (χ2n) is 7.88. The molecule has 2 aromatic carbocycles. The van der Waals surface area contributed by atoms with Crippen LogP contribution < -0.4 is 4.57 Å². The topological polar surface area (TPSA) is 41.2 Å². The first-order valence-electron chi connectivity index (χ1n) is 9.37. The maximum absolute atomic E-state index is 14.7. The minimum Gasteiger partial charge on any atom is -0.512 e. The molecular formula is C25H25FIrNO2-. The minimum atomic E-state index is -0.409. The van der Waals surface area contributed by atoms with E-state index in [9.17, 15) is 9.18 Å². The van der Waals surface area contributed by atoms with Gasteiger partial charge in [0.1, 0.15) is 5.82 Å². The van der Waals surface area contributed by atoms with E-state index in [1.54, 1.807) is 6.07 Å². The van der Waals surface area contributed by atoms with E-state index in [2.05, 4.69) is 46.0 Å². The number of fused-ring (bicyclic) bond motifs is 2. The van der Waals surface area contributed by atoms with Gasteiger partial charge in [0.2, 0.25) is 0 Å². The van der Waals surface area contributed by atoms with Crippen LogP contribution in [0, 0.1) is 19.8 Å². The van der Waals surface area contributed by atoms with Gasteiger partial charge in [-0.15, -0.1) is 5.56 Å². The number of pyridine rings is 1. The molecule has 1 aliphatic rings. The first-order valence-corrected chi connectivity index (χ1v) is 9.37.